The highest BCUT2D eigenvalue weighted by Gasteiger charge is 2.60. The number of halogens is 5. The average Bonchev–Trinajstić information content (AvgIpc) is 3.23. The summed E-state index contributed by atoms with van der Waals surface area (Å²) < 4.78 is 43.7. The summed E-state index contributed by atoms with van der Waals surface area (Å²) in [6.45, 7) is 0.293. The van der Waals surface area contributed by atoms with Gasteiger partial charge in [0.2, 0.25) is 0 Å². The highest BCUT2D eigenvalue weighted by molar-refractivity contribution is 6.31. The van der Waals surface area contributed by atoms with Gasteiger partial charge in [-0.05, 0) is 32.3 Å². The summed E-state index contributed by atoms with van der Waals surface area (Å²) in [5.41, 5.74) is -3.48. The molecule has 33 heavy (non-hydrogen) atoms. The highest BCUT2D eigenvalue weighted by Crippen LogP contribution is 2.50. The van der Waals surface area contributed by atoms with Crippen LogP contribution in [0.15, 0.2) is 24.5 Å². The fraction of sp³-hybridized carbons (Fsp3) is 0.400. The number of pyridine rings is 1. The van der Waals surface area contributed by atoms with Crippen LogP contribution in [0.3, 0.4) is 0 Å². The molecule has 174 valence electrons. The van der Waals surface area contributed by atoms with Crippen molar-refractivity contribution in [2.45, 2.75) is 43.4 Å². The Morgan fingerprint density at radius 3 is 2.58 bits per heavy atom. The SMILES string of the molecule is C[C@@]1(C(F)(F)F)CN(C(=O)Nc2cc(Cl)cnc2C2(O)CCC2)c2cnc3cc(Cl)nn3c21. The van der Waals surface area contributed by atoms with Crippen LogP contribution < -0.4 is 10.2 Å². The quantitative estimate of drug-likeness (QED) is 0.532. The van der Waals surface area contributed by atoms with E-state index in [1.54, 1.807) is 0 Å². The molecule has 4 heterocycles. The molecule has 3 aromatic heterocycles. The number of hydrogen-bond acceptors (Lipinski definition) is 5. The predicted octanol–water partition coefficient (Wildman–Crippen LogP) is 4.67. The number of fused-ring (bicyclic) bond motifs is 3. The molecule has 0 aromatic carbocycles. The Labute approximate surface area is 195 Å². The molecule has 1 aliphatic heterocycles. The Hall–Kier alpha value is -2.63. The zero-order chi connectivity index (χ0) is 23.8. The van der Waals surface area contributed by atoms with Crippen molar-refractivity contribution in [3.8, 4) is 0 Å². The van der Waals surface area contributed by atoms with Crippen LogP contribution in [0.2, 0.25) is 10.2 Å². The largest absolute Gasteiger partial charge is 0.401 e. The van der Waals surface area contributed by atoms with Gasteiger partial charge in [-0.3, -0.25) is 9.88 Å². The Bertz CT molecular complexity index is 1290. The van der Waals surface area contributed by atoms with Crippen LogP contribution in [0.25, 0.3) is 5.65 Å². The molecule has 1 saturated carbocycles. The molecule has 2 amide bonds. The number of amides is 2. The third-order valence-corrected chi connectivity index (χ3v) is 6.70. The van der Waals surface area contributed by atoms with Crippen LogP contribution in [0.1, 0.15) is 37.6 Å². The first kappa shape index (κ1) is 22.2. The lowest BCUT2D eigenvalue weighted by Crippen LogP contribution is -2.46. The molecule has 0 saturated heterocycles. The summed E-state index contributed by atoms with van der Waals surface area (Å²) in [5, 5.41) is 17.5. The number of aromatic nitrogens is 4. The van der Waals surface area contributed by atoms with Gasteiger partial charge < -0.3 is 10.4 Å². The van der Waals surface area contributed by atoms with E-state index in [0.717, 1.165) is 22.8 Å². The van der Waals surface area contributed by atoms with Gasteiger partial charge in [-0.2, -0.15) is 18.3 Å². The molecular formula is C20H17Cl2F3N6O2. The molecule has 8 nitrogen and oxygen atoms in total. The maximum atomic E-state index is 14.2. The van der Waals surface area contributed by atoms with Crippen LogP contribution >= 0.6 is 23.2 Å². The van der Waals surface area contributed by atoms with Gasteiger partial charge in [-0.1, -0.05) is 23.2 Å². The Balaban J connectivity index is 1.58. The van der Waals surface area contributed by atoms with Crippen molar-refractivity contribution in [2.75, 3.05) is 16.8 Å². The lowest BCUT2D eigenvalue weighted by Gasteiger charge is -2.37. The van der Waals surface area contributed by atoms with Crippen molar-refractivity contribution in [3.05, 3.63) is 46.1 Å². The van der Waals surface area contributed by atoms with Crippen molar-refractivity contribution in [3.63, 3.8) is 0 Å². The molecule has 0 spiro atoms. The lowest BCUT2D eigenvalue weighted by molar-refractivity contribution is -0.181. The zero-order valence-electron chi connectivity index (χ0n) is 17.1. The van der Waals surface area contributed by atoms with Crippen LogP contribution in [0.5, 0.6) is 0 Å². The fourth-order valence-corrected chi connectivity index (χ4v) is 4.66. The smallest absolute Gasteiger partial charge is 0.383 e. The minimum atomic E-state index is -4.70. The maximum absolute atomic E-state index is 14.2. The van der Waals surface area contributed by atoms with Crippen molar-refractivity contribution in [2.24, 2.45) is 0 Å². The van der Waals surface area contributed by atoms with Gasteiger partial charge >= 0.3 is 12.2 Å². The molecule has 0 radical (unpaired) electrons. The maximum Gasteiger partial charge on any atom is 0.401 e. The van der Waals surface area contributed by atoms with Crippen molar-refractivity contribution >= 4 is 46.3 Å². The van der Waals surface area contributed by atoms with Gasteiger partial charge in [0.25, 0.3) is 0 Å². The van der Waals surface area contributed by atoms with E-state index in [2.05, 4.69) is 20.4 Å². The number of anilines is 2. The predicted molar refractivity (Wildman–Crippen MR) is 115 cm³/mol. The van der Waals surface area contributed by atoms with Crippen molar-refractivity contribution in [1.82, 2.24) is 19.6 Å². The first-order chi connectivity index (χ1) is 15.4. The molecule has 1 aliphatic carbocycles. The molecule has 3 aromatic rings. The second kappa shape index (κ2) is 7.18. The van der Waals surface area contributed by atoms with Gasteiger partial charge in [0, 0.05) is 18.8 Å². The van der Waals surface area contributed by atoms with Crippen LogP contribution in [0, 0.1) is 0 Å². The summed E-state index contributed by atoms with van der Waals surface area (Å²) in [4.78, 5) is 22.5. The van der Waals surface area contributed by atoms with Gasteiger partial charge in [0.05, 0.1) is 34.0 Å². The van der Waals surface area contributed by atoms with Crippen molar-refractivity contribution in [1.29, 1.82) is 0 Å². The summed E-state index contributed by atoms with van der Waals surface area (Å²) >= 11 is 11.9. The average molecular weight is 501 g/mol. The fourth-order valence-electron chi connectivity index (χ4n) is 4.33. The van der Waals surface area contributed by atoms with Crippen LogP contribution in [-0.2, 0) is 11.0 Å². The zero-order valence-corrected chi connectivity index (χ0v) is 18.6. The number of rotatable bonds is 2. The monoisotopic (exact) mass is 500 g/mol. The molecule has 1 fully saturated rings. The number of urea groups is 1. The molecule has 5 rings (SSSR count). The lowest BCUT2D eigenvalue weighted by atomic mass is 9.77. The Morgan fingerprint density at radius 2 is 1.94 bits per heavy atom. The first-order valence-electron chi connectivity index (χ1n) is 10.0. The van der Waals surface area contributed by atoms with E-state index in [1.807, 2.05) is 0 Å². The van der Waals surface area contributed by atoms with Gasteiger partial charge in [-0.15, -0.1) is 0 Å². The number of hydrogen-bond donors (Lipinski definition) is 2. The Kier molecular flexibility index (Phi) is 4.83. The topological polar surface area (TPSA) is 95.7 Å². The molecule has 1 atom stereocenters. The molecule has 2 aliphatic rings. The van der Waals surface area contributed by atoms with Crippen LogP contribution in [0.4, 0.5) is 29.3 Å². The van der Waals surface area contributed by atoms with Crippen LogP contribution in [-0.4, -0.2) is 43.4 Å². The number of nitrogens with zero attached hydrogens (tertiary/aromatic N) is 5. The molecule has 0 bridgehead atoms. The molecular weight excluding hydrogens is 484 g/mol. The van der Waals surface area contributed by atoms with E-state index in [9.17, 15) is 23.1 Å². The van der Waals surface area contributed by atoms with Crippen molar-refractivity contribution < 1.29 is 23.1 Å². The van der Waals surface area contributed by atoms with E-state index in [0.29, 0.717) is 12.8 Å². The molecule has 2 N–H and O–H groups in total. The number of carbonyl (C=O) groups is 1. The third-order valence-electron chi connectivity index (χ3n) is 6.31. The molecule has 0 unspecified atom stereocenters. The third kappa shape index (κ3) is 3.32. The minimum Gasteiger partial charge on any atom is -0.383 e. The van der Waals surface area contributed by atoms with E-state index >= 15 is 0 Å². The minimum absolute atomic E-state index is 0.0216. The summed E-state index contributed by atoms with van der Waals surface area (Å²) in [7, 11) is 0. The standard InChI is InChI=1S/C20H17Cl2F3N6O2/c1-18(20(23,24)25)9-30(12-8-26-14-6-13(22)29-31(14)16(12)18)17(32)28-11-5-10(21)7-27-15(11)19(33)3-2-4-19/h5-8,33H,2-4,9H2,1H3,(H,28,32)/t18-/m1/s1. The van der Waals surface area contributed by atoms with Gasteiger partial charge in [0.15, 0.2) is 10.8 Å². The second-order valence-corrected chi connectivity index (χ2v) is 9.33. The number of aliphatic hydroxyl groups is 1. The van der Waals surface area contributed by atoms with E-state index in [-0.39, 0.29) is 38.6 Å². The van der Waals surface area contributed by atoms with Gasteiger partial charge in [0.1, 0.15) is 11.0 Å². The van der Waals surface area contributed by atoms with E-state index in [1.165, 1.54) is 24.5 Å². The molecule has 13 heteroatoms. The normalized spacial score (nSPS) is 21.7. The summed E-state index contributed by atoms with van der Waals surface area (Å²) in [6, 6.07) is 1.90. The first-order valence-corrected chi connectivity index (χ1v) is 10.8. The number of nitrogens with one attached hydrogen (secondary N) is 1. The Morgan fingerprint density at radius 1 is 1.21 bits per heavy atom. The number of alkyl halides is 3. The van der Waals surface area contributed by atoms with E-state index in [4.69, 9.17) is 23.2 Å². The number of carbonyl (C=O) groups excluding carboxylic acids is 1. The highest BCUT2D eigenvalue weighted by atomic mass is 35.5. The summed E-state index contributed by atoms with van der Waals surface area (Å²) in [5.74, 6) is 0. The van der Waals surface area contributed by atoms with E-state index < -0.39 is 29.8 Å². The summed E-state index contributed by atoms with van der Waals surface area (Å²) in [6.07, 6.45) is -0.484. The second-order valence-electron chi connectivity index (χ2n) is 8.51. The van der Waals surface area contributed by atoms with Gasteiger partial charge in [-0.25, -0.2) is 14.3 Å².